The quantitative estimate of drug-likeness (QED) is 0.755. The van der Waals surface area contributed by atoms with Gasteiger partial charge in [-0.2, -0.15) is 0 Å². The summed E-state index contributed by atoms with van der Waals surface area (Å²) in [6, 6.07) is 4.20. The topological polar surface area (TPSA) is 24.9 Å². The highest BCUT2D eigenvalue weighted by Gasteiger charge is 2.06. The first-order valence-corrected chi connectivity index (χ1v) is 4.85. The lowest BCUT2D eigenvalue weighted by Gasteiger charge is -2.18. The van der Waals surface area contributed by atoms with Gasteiger partial charge in [0.25, 0.3) is 0 Å². The van der Waals surface area contributed by atoms with Crippen molar-refractivity contribution in [2.75, 3.05) is 5.32 Å². The van der Waals surface area contributed by atoms with Gasteiger partial charge in [0.1, 0.15) is 5.15 Å². The van der Waals surface area contributed by atoms with Crippen LogP contribution in [-0.4, -0.2) is 11.0 Å². The fourth-order valence-electron chi connectivity index (χ4n) is 0.922. The molecule has 0 aliphatic rings. The van der Waals surface area contributed by atoms with Crippen molar-refractivity contribution in [3.63, 3.8) is 0 Å². The van der Waals surface area contributed by atoms with Gasteiger partial charge in [-0.1, -0.05) is 25.4 Å². The summed E-state index contributed by atoms with van der Waals surface area (Å²) in [5.74, 6) is 0.604. The highest BCUT2D eigenvalue weighted by Crippen LogP contribution is 2.15. The summed E-state index contributed by atoms with van der Waals surface area (Å²) in [6.45, 7) is 6.51. The maximum Gasteiger partial charge on any atom is 0.131 e. The van der Waals surface area contributed by atoms with Crippen LogP contribution in [0.15, 0.2) is 18.3 Å². The second-order valence-corrected chi connectivity index (χ2v) is 3.93. The SMILES string of the molecule is CC(C)[C@@H](C)Nc1ccnc(Cl)c1. The minimum absolute atomic E-state index is 0.443. The van der Waals surface area contributed by atoms with Gasteiger partial charge in [0.15, 0.2) is 0 Å². The average Bonchev–Trinajstić information content (AvgIpc) is 2.04. The molecule has 13 heavy (non-hydrogen) atoms. The van der Waals surface area contributed by atoms with E-state index in [0.717, 1.165) is 5.69 Å². The summed E-state index contributed by atoms with van der Waals surface area (Å²) in [5.41, 5.74) is 1.03. The van der Waals surface area contributed by atoms with Crippen LogP contribution in [0.25, 0.3) is 0 Å². The maximum absolute atomic E-state index is 5.76. The van der Waals surface area contributed by atoms with E-state index in [9.17, 15) is 0 Å². The highest BCUT2D eigenvalue weighted by atomic mass is 35.5. The van der Waals surface area contributed by atoms with Gasteiger partial charge in [0.05, 0.1) is 0 Å². The molecular weight excluding hydrogens is 184 g/mol. The second kappa shape index (κ2) is 4.47. The van der Waals surface area contributed by atoms with Crippen LogP contribution >= 0.6 is 11.6 Å². The molecule has 1 atom stereocenters. The van der Waals surface area contributed by atoms with Crippen molar-refractivity contribution in [3.05, 3.63) is 23.5 Å². The van der Waals surface area contributed by atoms with Crippen LogP contribution in [-0.2, 0) is 0 Å². The van der Waals surface area contributed by atoms with Crippen LogP contribution in [0.2, 0.25) is 5.15 Å². The van der Waals surface area contributed by atoms with Crippen molar-refractivity contribution < 1.29 is 0 Å². The van der Waals surface area contributed by atoms with Crippen LogP contribution < -0.4 is 5.32 Å². The normalized spacial score (nSPS) is 13.0. The van der Waals surface area contributed by atoms with E-state index in [1.165, 1.54) is 0 Å². The molecule has 2 nitrogen and oxygen atoms in total. The summed E-state index contributed by atoms with van der Waals surface area (Å²) in [4.78, 5) is 3.92. The molecule has 0 amide bonds. The van der Waals surface area contributed by atoms with Crippen LogP contribution in [0.4, 0.5) is 5.69 Å². The number of hydrogen-bond donors (Lipinski definition) is 1. The molecule has 1 aromatic heterocycles. The van der Waals surface area contributed by atoms with E-state index >= 15 is 0 Å². The Labute approximate surface area is 84.3 Å². The number of pyridine rings is 1. The lowest BCUT2D eigenvalue weighted by Crippen LogP contribution is -2.21. The predicted octanol–water partition coefficient (Wildman–Crippen LogP) is 3.19. The van der Waals surface area contributed by atoms with Gasteiger partial charge < -0.3 is 5.32 Å². The molecule has 0 saturated carbocycles. The Morgan fingerprint density at radius 2 is 2.08 bits per heavy atom. The molecule has 0 unspecified atom stereocenters. The first-order chi connectivity index (χ1) is 6.09. The van der Waals surface area contributed by atoms with Crippen molar-refractivity contribution in [2.24, 2.45) is 5.92 Å². The molecule has 0 bridgehead atoms. The van der Waals surface area contributed by atoms with Crippen LogP contribution in [0.5, 0.6) is 0 Å². The maximum atomic E-state index is 5.76. The zero-order valence-electron chi connectivity index (χ0n) is 8.21. The van der Waals surface area contributed by atoms with Crippen LogP contribution in [0.3, 0.4) is 0 Å². The highest BCUT2D eigenvalue weighted by molar-refractivity contribution is 6.29. The molecule has 0 spiro atoms. The van der Waals surface area contributed by atoms with Gasteiger partial charge in [-0.05, 0) is 25.0 Å². The number of hydrogen-bond acceptors (Lipinski definition) is 2. The molecule has 1 N–H and O–H groups in total. The van der Waals surface area contributed by atoms with Crippen LogP contribution in [0, 0.1) is 5.92 Å². The molecule has 0 radical (unpaired) electrons. The second-order valence-electron chi connectivity index (χ2n) is 3.54. The third-order valence-corrected chi connectivity index (χ3v) is 2.33. The molecule has 1 rings (SSSR count). The number of nitrogens with one attached hydrogen (secondary N) is 1. The summed E-state index contributed by atoms with van der Waals surface area (Å²) >= 11 is 5.76. The first kappa shape index (κ1) is 10.3. The molecule has 72 valence electrons. The van der Waals surface area contributed by atoms with Gasteiger partial charge >= 0.3 is 0 Å². The molecule has 0 saturated heterocycles. The van der Waals surface area contributed by atoms with E-state index in [2.05, 4.69) is 31.1 Å². The van der Waals surface area contributed by atoms with Crippen molar-refractivity contribution in [1.82, 2.24) is 4.98 Å². The molecule has 0 aromatic carbocycles. The number of rotatable bonds is 3. The van der Waals surface area contributed by atoms with Crippen LogP contribution in [0.1, 0.15) is 20.8 Å². The van der Waals surface area contributed by atoms with Crippen molar-refractivity contribution in [3.8, 4) is 0 Å². The third-order valence-electron chi connectivity index (χ3n) is 2.12. The zero-order chi connectivity index (χ0) is 9.84. The lowest BCUT2D eigenvalue weighted by molar-refractivity contribution is 0.560. The molecular formula is C10H15ClN2. The average molecular weight is 199 g/mol. The molecule has 1 aromatic rings. The monoisotopic (exact) mass is 198 g/mol. The predicted molar refractivity (Wildman–Crippen MR) is 57.2 cm³/mol. The Bertz CT molecular complexity index is 273. The van der Waals surface area contributed by atoms with Crippen molar-refractivity contribution in [2.45, 2.75) is 26.8 Å². The third kappa shape index (κ3) is 3.23. The zero-order valence-corrected chi connectivity index (χ0v) is 8.97. The summed E-state index contributed by atoms with van der Waals surface area (Å²) < 4.78 is 0. The minimum atomic E-state index is 0.443. The molecule has 1 heterocycles. The summed E-state index contributed by atoms with van der Waals surface area (Å²) in [6.07, 6.45) is 1.71. The number of halogens is 1. The fourth-order valence-corrected chi connectivity index (χ4v) is 1.10. The van der Waals surface area contributed by atoms with E-state index in [-0.39, 0.29) is 0 Å². The number of aromatic nitrogens is 1. The largest absolute Gasteiger partial charge is 0.382 e. The van der Waals surface area contributed by atoms with Gasteiger partial charge in [0, 0.05) is 17.9 Å². The fraction of sp³-hybridized carbons (Fsp3) is 0.500. The minimum Gasteiger partial charge on any atom is -0.382 e. The molecule has 0 aliphatic carbocycles. The lowest BCUT2D eigenvalue weighted by atomic mass is 10.1. The van der Waals surface area contributed by atoms with E-state index in [4.69, 9.17) is 11.6 Å². The Balaban J connectivity index is 2.64. The van der Waals surface area contributed by atoms with Crippen molar-refractivity contribution in [1.29, 1.82) is 0 Å². The Morgan fingerprint density at radius 3 is 2.62 bits per heavy atom. The van der Waals surface area contributed by atoms with Gasteiger partial charge in [-0.25, -0.2) is 4.98 Å². The smallest absolute Gasteiger partial charge is 0.131 e. The van der Waals surface area contributed by atoms with E-state index in [0.29, 0.717) is 17.1 Å². The first-order valence-electron chi connectivity index (χ1n) is 4.47. The molecule has 3 heteroatoms. The van der Waals surface area contributed by atoms with Gasteiger partial charge in [-0.15, -0.1) is 0 Å². The Morgan fingerprint density at radius 1 is 1.38 bits per heavy atom. The Hall–Kier alpha value is -0.760. The summed E-state index contributed by atoms with van der Waals surface area (Å²) in [5, 5.41) is 3.89. The number of anilines is 1. The van der Waals surface area contributed by atoms with E-state index < -0.39 is 0 Å². The standard InChI is InChI=1S/C10H15ClN2/c1-7(2)8(3)13-9-4-5-12-10(11)6-9/h4-8H,1-3H3,(H,12,13)/t8-/m1/s1. The van der Waals surface area contributed by atoms with E-state index in [1.54, 1.807) is 6.20 Å². The molecule has 0 aliphatic heterocycles. The number of nitrogens with zero attached hydrogens (tertiary/aromatic N) is 1. The van der Waals surface area contributed by atoms with E-state index in [1.807, 2.05) is 12.1 Å². The summed E-state index contributed by atoms with van der Waals surface area (Å²) in [7, 11) is 0. The molecule has 0 fully saturated rings. The van der Waals surface area contributed by atoms with Gasteiger partial charge in [-0.3, -0.25) is 0 Å². The van der Waals surface area contributed by atoms with Gasteiger partial charge in [0.2, 0.25) is 0 Å². The van der Waals surface area contributed by atoms with Crippen molar-refractivity contribution >= 4 is 17.3 Å². The Kier molecular flexibility index (Phi) is 3.55.